The second kappa shape index (κ2) is 8.56. The van der Waals surface area contributed by atoms with Crippen LogP contribution in [0, 0.1) is 5.92 Å². The molecule has 0 spiro atoms. The lowest BCUT2D eigenvalue weighted by Gasteiger charge is -2.46. The normalized spacial score (nSPS) is 24.0. The summed E-state index contributed by atoms with van der Waals surface area (Å²) < 4.78 is 12.3. The molecule has 0 saturated heterocycles. The van der Waals surface area contributed by atoms with Crippen LogP contribution in [-0.2, 0) is 11.2 Å². The fourth-order valence-electron chi connectivity index (χ4n) is 6.16. The van der Waals surface area contributed by atoms with Crippen molar-refractivity contribution < 1.29 is 34.7 Å². The molecule has 7 nitrogen and oxygen atoms in total. The van der Waals surface area contributed by atoms with Crippen LogP contribution in [-0.4, -0.2) is 37.4 Å². The van der Waals surface area contributed by atoms with Gasteiger partial charge in [0.25, 0.3) is 0 Å². The van der Waals surface area contributed by atoms with Gasteiger partial charge in [-0.1, -0.05) is 12.1 Å². The maximum absolute atomic E-state index is 14.2. The number of rotatable bonds is 4. The van der Waals surface area contributed by atoms with Gasteiger partial charge >= 0.3 is 0 Å². The van der Waals surface area contributed by atoms with E-state index in [4.69, 9.17) is 9.47 Å². The van der Waals surface area contributed by atoms with E-state index in [9.17, 15) is 25.2 Å². The quantitative estimate of drug-likeness (QED) is 0.337. The number of aromatic hydroxyl groups is 4. The monoisotopic (exact) mass is 526 g/mol. The van der Waals surface area contributed by atoms with Crippen LogP contribution in [0.5, 0.6) is 34.5 Å². The molecule has 3 aromatic rings. The summed E-state index contributed by atoms with van der Waals surface area (Å²) in [5.41, 5.74) is 1.23. The van der Waals surface area contributed by atoms with Crippen molar-refractivity contribution in [1.29, 1.82) is 0 Å². The molecule has 0 unspecified atom stereocenters. The molecule has 0 aromatic heterocycles. The Bertz CT molecular complexity index is 1560. The van der Waals surface area contributed by atoms with Crippen LogP contribution >= 0.6 is 0 Å². The van der Waals surface area contributed by atoms with Gasteiger partial charge in [-0.15, -0.1) is 0 Å². The van der Waals surface area contributed by atoms with Crippen molar-refractivity contribution in [3.63, 3.8) is 0 Å². The number of hydrogen-bond donors (Lipinski definition) is 4. The Hall–Kier alpha value is -4.39. The predicted molar refractivity (Wildman–Crippen MR) is 146 cm³/mol. The van der Waals surface area contributed by atoms with Gasteiger partial charge in [0.05, 0.1) is 17.0 Å². The molecule has 2 bridgehead atoms. The van der Waals surface area contributed by atoms with Gasteiger partial charge in [-0.2, -0.15) is 0 Å². The minimum absolute atomic E-state index is 0.00774. The van der Waals surface area contributed by atoms with Gasteiger partial charge in [-0.3, -0.25) is 4.79 Å². The molecule has 0 radical (unpaired) electrons. The molecule has 0 amide bonds. The number of benzene rings is 3. The molecule has 39 heavy (non-hydrogen) atoms. The minimum atomic E-state index is -0.831. The SMILES string of the molecule is CC1(C)C=Cc2c(O)cc(CC(=O)[C@H]3C(c4c(O)cccc4O)=C[C@@]4(C)C[C@@H]3c3ccc(O)cc3O4)cc2O1. The van der Waals surface area contributed by atoms with Crippen molar-refractivity contribution in [2.24, 2.45) is 5.92 Å². The van der Waals surface area contributed by atoms with Crippen molar-refractivity contribution in [3.05, 3.63) is 82.9 Å². The average Bonchev–Trinajstić information content (AvgIpc) is 2.82. The summed E-state index contributed by atoms with van der Waals surface area (Å²) in [6, 6.07) is 12.7. The van der Waals surface area contributed by atoms with Gasteiger partial charge in [0.15, 0.2) is 0 Å². The number of phenols is 4. The maximum Gasteiger partial charge on any atom is 0.145 e. The van der Waals surface area contributed by atoms with E-state index in [1.54, 1.807) is 36.4 Å². The van der Waals surface area contributed by atoms with E-state index >= 15 is 0 Å². The second-order valence-corrected chi connectivity index (χ2v) is 11.4. The highest BCUT2D eigenvalue weighted by Gasteiger charge is 2.48. The number of ether oxygens (including phenoxy) is 2. The molecular formula is C32H30O7. The Morgan fingerprint density at radius 3 is 2.41 bits per heavy atom. The highest BCUT2D eigenvalue weighted by Crippen LogP contribution is 2.56. The fraction of sp³-hybridized carbons (Fsp3) is 0.281. The molecule has 2 aliphatic heterocycles. The summed E-state index contributed by atoms with van der Waals surface area (Å²) in [4.78, 5) is 14.2. The van der Waals surface area contributed by atoms with E-state index in [1.165, 1.54) is 18.2 Å². The lowest BCUT2D eigenvalue weighted by atomic mass is 9.64. The number of phenolic OH excluding ortho intramolecular Hbond substituents is 4. The van der Waals surface area contributed by atoms with Crippen LogP contribution < -0.4 is 9.47 Å². The second-order valence-electron chi connectivity index (χ2n) is 11.4. The summed E-state index contributed by atoms with van der Waals surface area (Å²) >= 11 is 0. The topological polar surface area (TPSA) is 116 Å². The minimum Gasteiger partial charge on any atom is -0.508 e. The lowest BCUT2D eigenvalue weighted by Crippen LogP contribution is -2.44. The van der Waals surface area contributed by atoms with E-state index in [0.717, 1.165) is 5.56 Å². The van der Waals surface area contributed by atoms with Gasteiger partial charge in [0, 0.05) is 18.4 Å². The third kappa shape index (κ3) is 4.28. The van der Waals surface area contributed by atoms with Crippen LogP contribution in [0.3, 0.4) is 0 Å². The van der Waals surface area contributed by atoms with Gasteiger partial charge in [-0.05, 0) is 92.5 Å². The van der Waals surface area contributed by atoms with Crippen molar-refractivity contribution in [2.75, 3.05) is 0 Å². The first kappa shape index (κ1) is 24.9. The summed E-state index contributed by atoms with van der Waals surface area (Å²) in [5.74, 6) is -0.412. The summed E-state index contributed by atoms with van der Waals surface area (Å²) in [7, 11) is 0. The smallest absolute Gasteiger partial charge is 0.145 e. The molecule has 0 fully saturated rings. The van der Waals surface area contributed by atoms with Gasteiger partial charge in [-0.25, -0.2) is 0 Å². The molecule has 4 N–H and O–H groups in total. The largest absolute Gasteiger partial charge is 0.508 e. The first-order valence-electron chi connectivity index (χ1n) is 13.0. The van der Waals surface area contributed by atoms with Crippen molar-refractivity contribution in [3.8, 4) is 34.5 Å². The molecule has 2 heterocycles. The van der Waals surface area contributed by atoms with Crippen molar-refractivity contribution in [2.45, 2.75) is 50.7 Å². The van der Waals surface area contributed by atoms with Crippen LogP contribution in [0.15, 0.2) is 60.7 Å². The molecule has 3 atom stereocenters. The molecule has 3 aliphatic rings. The van der Waals surface area contributed by atoms with E-state index in [-0.39, 0.29) is 46.7 Å². The zero-order valence-electron chi connectivity index (χ0n) is 21.9. The van der Waals surface area contributed by atoms with Crippen LogP contribution in [0.2, 0.25) is 0 Å². The number of fused-ring (bicyclic) bond motifs is 5. The third-order valence-electron chi connectivity index (χ3n) is 7.80. The zero-order valence-corrected chi connectivity index (χ0v) is 21.9. The molecular weight excluding hydrogens is 496 g/mol. The van der Waals surface area contributed by atoms with E-state index in [0.29, 0.717) is 34.6 Å². The molecule has 3 aromatic carbocycles. The van der Waals surface area contributed by atoms with Crippen LogP contribution in [0.4, 0.5) is 0 Å². The molecule has 7 heteroatoms. The maximum atomic E-state index is 14.2. The van der Waals surface area contributed by atoms with Gasteiger partial charge in [0.2, 0.25) is 0 Å². The van der Waals surface area contributed by atoms with E-state index in [1.807, 2.05) is 32.9 Å². The average molecular weight is 527 g/mol. The molecule has 1 aliphatic carbocycles. The Morgan fingerprint density at radius 1 is 0.923 bits per heavy atom. The first-order chi connectivity index (χ1) is 18.4. The van der Waals surface area contributed by atoms with E-state index < -0.39 is 17.1 Å². The van der Waals surface area contributed by atoms with Gasteiger partial charge in [0.1, 0.15) is 51.5 Å². The van der Waals surface area contributed by atoms with E-state index in [2.05, 4.69) is 0 Å². The van der Waals surface area contributed by atoms with Crippen molar-refractivity contribution in [1.82, 2.24) is 0 Å². The van der Waals surface area contributed by atoms with Crippen LogP contribution in [0.25, 0.3) is 11.6 Å². The Balaban J connectivity index is 1.46. The summed E-state index contributed by atoms with van der Waals surface area (Å²) in [6.07, 6.45) is 5.98. The number of ketones is 1. The number of carbonyl (C=O) groups excluding carboxylic acids is 1. The Kier molecular flexibility index (Phi) is 5.47. The number of carbonyl (C=O) groups is 1. The summed E-state index contributed by atoms with van der Waals surface area (Å²) in [6.45, 7) is 5.71. The Morgan fingerprint density at radius 2 is 1.67 bits per heavy atom. The number of Topliss-reactive ketones (excluding diaryl/α,β-unsaturated/α-hetero) is 1. The highest BCUT2D eigenvalue weighted by molar-refractivity contribution is 5.98. The first-order valence-corrected chi connectivity index (χ1v) is 13.0. The lowest BCUT2D eigenvalue weighted by molar-refractivity contribution is -0.121. The number of hydrogen-bond acceptors (Lipinski definition) is 7. The zero-order chi connectivity index (χ0) is 27.7. The highest BCUT2D eigenvalue weighted by atomic mass is 16.5. The van der Waals surface area contributed by atoms with Gasteiger partial charge < -0.3 is 29.9 Å². The third-order valence-corrected chi connectivity index (χ3v) is 7.80. The Labute approximate surface area is 226 Å². The standard InChI is InChI=1S/C32H30O7/c1-31(2)10-9-20-25(36)11-17(13-27(20)38-31)12-26(37)29-21-15-32(3,39-28-14-18(33)7-8-19(21)28)16-22(29)30-23(34)5-4-6-24(30)35/h4-11,13-14,16,21,29,33-36H,12,15H2,1-3H3/t21-,29-,32-/m1/s1. The predicted octanol–water partition coefficient (Wildman–Crippen LogP) is 5.84. The fourth-order valence-corrected chi connectivity index (χ4v) is 6.16. The molecule has 0 saturated carbocycles. The van der Waals surface area contributed by atoms with Crippen LogP contribution in [0.1, 0.15) is 55.4 Å². The number of allylic oxidation sites excluding steroid dienone is 1. The summed E-state index contributed by atoms with van der Waals surface area (Å²) in [5, 5.41) is 42.4. The molecule has 200 valence electrons. The van der Waals surface area contributed by atoms with Crippen molar-refractivity contribution >= 4 is 17.4 Å². The molecule has 6 rings (SSSR count).